The zero-order valence-electron chi connectivity index (χ0n) is 16.6. The van der Waals surface area contributed by atoms with Crippen LogP contribution in [0.25, 0.3) is 0 Å². The van der Waals surface area contributed by atoms with Gasteiger partial charge in [-0.2, -0.15) is 0 Å². The molecule has 0 spiro atoms. The highest BCUT2D eigenvalue weighted by Gasteiger charge is 2.18. The third kappa shape index (κ3) is 4.71. The van der Waals surface area contributed by atoms with Crippen molar-refractivity contribution >= 4 is 17.4 Å². The molecule has 0 radical (unpaired) electrons. The van der Waals surface area contributed by atoms with E-state index >= 15 is 0 Å². The fraction of sp³-hybridized carbons (Fsp3) is 0.261. The first-order valence-electron chi connectivity index (χ1n) is 9.89. The maximum Gasteiger partial charge on any atom is 0.253 e. The van der Waals surface area contributed by atoms with Crippen LogP contribution in [-0.2, 0) is 6.54 Å². The Morgan fingerprint density at radius 1 is 1.00 bits per heavy atom. The molecule has 0 atom stereocenters. The van der Waals surface area contributed by atoms with Crippen LogP contribution < -0.4 is 15.1 Å². The Bertz CT molecular complexity index is 951. The van der Waals surface area contributed by atoms with Crippen LogP contribution >= 0.6 is 0 Å². The lowest BCUT2D eigenvalue weighted by Crippen LogP contribution is -2.46. The van der Waals surface area contributed by atoms with Crippen molar-refractivity contribution in [1.82, 2.24) is 15.3 Å². The minimum atomic E-state index is -0.120. The van der Waals surface area contributed by atoms with Crippen molar-refractivity contribution in [3.63, 3.8) is 0 Å². The summed E-state index contributed by atoms with van der Waals surface area (Å²) in [5.41, 5.74) is 4.15. The predicted octanol–water partition coefficient (Wildman–Crippen LogP) is 3.04. The monoisotopic (exact) mass is 387 g/mol. The minimum absolute atomic E-state index is 0.120. The van der Waals surface area contributed by atoms with E-state index in [-0.39, 0.29) is 5.91 Å². The van der Waals surface area contributed by atoms with Crippen molar-refractivity contribution in [2.24, 2.45) is 0 Å². The smallest absolute Gasteiger partial charge is 0.253 e. The molecule has 148 valence electrons. The van der Waals surface area contributed by atoms with E-state index < -0.39 is 0 Å². The van der Waals surface area contributed by atoms with E-state index in [4.69, 9.17) is 0 Å². The Kier molecular flexibility index (Phi) is 5.70. The number of nitrogens with zero attached hydrogens (tertiary/aromatic N) is 4. The normalized spacial score (nSPS) is 14.0. The third-order valence-corrected chi connectivity index (χ3v) is 5.18. The summed E-state index contributed by atoms with van der Waals surface area (Å²) >= 11 is 0. The number of nitrogens with one attached hydrogen (secondary N) is 1. The number of piperazine rings is 1. The molecule has 1 aromatic carbocycles. The predicted molar refractivity (Wildman–Crippen MR) is 115 cm³/mol. The summed E-state index contributed by atoms with van der Waals surface area (Å²) in [4.78, 5) is 25.5. The van der Waals surface area contributed by atoms with Crippen molar-refractivity contribution in [2.45, 2.75) is 13.5 Å². The lowest BCUT2D eigenvalue weighted by molar-refractivity contribution is 0.0950. The summed E-state index contributed by atoms with van der Waals surface area (Å²) in [5.74, 6) is 0.796. The summed E-state index contributed by atoms with van der Waals surface area (Å²) in [5, 5.41) is 2.92. The van der Waals surface area contributed by atoms with Crippen molar-refractivity contribution in [1.29, 1.82) is 0 Å². The van der Waals surface area contributed by atoms with Gasteiger partial charge in [0.1, 0.15) is 5.82 Å². The zero-order chi connectivity index (χ0) is 20.1. The van der Waals surface area contributed by atoms with E-state index in [1.165, 1.54) is 11.3 Å². The molecule has 2 aromatic heterocycles. The van der Waals surface area contributed by atoms with E-state index in [0.717, 1.165) is 37.6 Å². The van der Waals surface area contributed by atoms with E-state index in [9.17, 15) is 4.79 Å². The van der Waals surface area contributed by atoms with Gasteiger partial charge in [-0.1, -0.05) is 12.1 Å². The molecular weight excluding hydrogens is 362 g/mol. The van der Waals surface area contributed by atoms with Crippen LogP contribution in [-0.4, -0.2) is 42.1 Å². The van der Waals surface area contributed by atoms with E-state index in [0.29, 0.717) is 12.1 Å². The van der Waals surface area contributed by atoms with Gasteiger partial charge in [-0.3, -0.25) is 9.78 Å². The second-order valence-electron chi connectivity index (χ2n) is 7.26. The maximum absolute atomic E-state index is 12.3. The molecule has 6 heteroatoms. The topological polar surface area (TPSA) is 61.4 Å². The van der Waals surface area contributed by atoms with E-state index in [1.54, 1.807) is 18.6 Å². The largest absolute Gasteiger partial charge is 0.368 e. The molecule has 0 bridgehead atoms. The van der Waals surface area contributed by atoms with E-state index in [1.807, 2.05) is 24.3 Å². The quantitative estimate of drug-likeness (QED) is 0.729. The van der Waals surface area contributed by atoms with Crippen LogP contribution in [0.1, 0.15) is 21.5 Å². The van der Waals surface area contributed by atoms with Crippen LogP contribution in [0.15, 0.2) is 67.1 Å². The van der Waals surface area contributed by atoms with Crippen molar-refractivity contribution < 1.29 is 4.79 Å². The number of aryl methyl sites for hydroxylation is 1. The number of anilines is 2. The van der Waals surface area contributed by atoms with Crippen LogP contribution in [0.3, 0.4) is 0 Å². The first kappa shape index (κ1) is 18.9. The van der Waals surface area contributed by atoms with Crippen molar-refractivity contribution in [2.75, 3.05) is 36.0 Å². The Labute approximate surface area is 171 Å². The Hall–Kier alpha value is -3.41. The lowest BCUT2D eigenvalue weighted by Gasteiger charge is -2.36. The Morgan fingerprint density at radius 3 is 2.45 bits per heavy atom. The van der Waals surface area contributed by atoms with Gasteiger partial charge in [0.05, 0.1) is 5.56 Å². The minimum Gasteiger partial charge on any atom is -0.368 e. The molecule has 1 aliphatic heterocycles. The van der Waals surface area contributed by atoms with Gasteiger partial charge in [0.15, 0.2) is 0 Å². The van der Waals surface area contributed by atoms with Gasteiger partial charge in [-0.05, 0) is 54.4 Å². The first-order chi connectivity index (χ1) is 14.2. The highest BCUT2D eigenvalue weighted by molar-refractivity contribution is 5.94. The van der Waals surface area contributed by atoms with Gasteiger partial charge in [-0.25, -0.2) is 4.98 Å². The summed E-state index contributed by atoms with van der Waals surface area (Å²) in [7, 11) is 0. The Balaban J connectivity index is 1.32. The van der Waals surface area contributed by atoms with Crippen LogP contribution in [0.5, 0.6) is 0 Å². The first-order valence-corrected chi connectivity index (χ1v) is 9.89. The number of carbonyl (C=O) groups excluding carboxylic acids is 1. The maximum atomic E-state index is 12.3. The highest BCUT2D eigenvalue weighted by atomic mass is 16.1. The number of rotatable bonds is 5. The van der Waals surface area contributed by atoms with Crippen LogP contribution in [0.4, 0.5) is 11.5 Å². The highest BCUT2D eigenvalue weighted by Crippen LogP contribution is 2.20. The number of benzene rings is 1. The number of carbonyl (C=O) groups is 1. The zero-order valence-corrected chi connectivity index (χ0v) is 16.6. The van der Waals surface area contributed by atoms with Crippen molar-refractivity contribution in [3.05, 3.63) is 83.8 Å². The second kappa shape index (κ2) is 8.73. The average molecular weight is 387 g/mol. The second-order valence-corrected chi connectivity index (χ2v) is 7.26. The Morgan fingerprint density at radius 2 is 1.76 bits per heavy atom. The molecule has 4 rings (SSSR count). The van der Waals surface area contributed by atoms with Gasteiger partial charge in [0.25, 0.3) is 5.91 Å². The molecule has 0 unspecified atom stereocenters. The fourth-order valence-corrected chi connectivity index (χ4v) is 3.51. The molecule has 3 heterocycles. The third-order valence-electron chi connectivity index (χ3n) is 5.18. The standard InChI is InChI=1S/C23H25N5O/c1-18-3-2-4-21(15-18)27-11-13-28(14-12-27)22-6-5-20(17-25-22)23(29)26-16-19-7-9-24-10-8-19/h2-10,15,17H,11-14,16H2,1H3,(H,26,29). The molecule has 3 aromatic rings. The molecule has 1 N–H and O–H groups in total. The number of hydrogen-bond donors (Lipinski definition) is 1. The molecule has 1 saturated heterocycles. The average Bonchev–Trinajstić information content (AvgIpc) is 2.78. The molecule has 29 heavy (non-hydrogen) atoms. The number of pyridine rings is 2. The van der Waals surface area contributed by atoms with E-state index in [2.05, 4.69) is 56.3 Å². The summed E-state index contributed by atoms with van der Waals surface area (Å²) in [6.45, 7) is 6.34. The summed E-state index contributed by atoms with van der Waals surface area (Å²) in [6, 6.07) is 16.2. The molecule has 1 aliphatic rings. The number of aromatic nitrogens is 2. The molecule has 1 fully saturated rings. The van der Waals surface area contributed by atoms with Gasteiger partial charge >= 0.3 is 0 Å². The molecule has 0 aliphatic carbocycles. The SMILES string of the molecule is Cc1cccc(N2CCN(c3ccc(C(=O)NCc4ccncc4)cn3)CC2)c1. The molecule has 0 saturated carbocycles. The van der Waals surface area contributed by atoms with Gasteiger partial charge in [-0.15, -0.1) is 0 Å². The summed E-state index contributed by atoms with van der Waals surface area (Å²) < 4.78 is 0. The van der Waals surface area contributed by atoms with Gasteiger partial charge in [0, 0.05) is 57.0 Å². The molecular formula is C23H25N5O. The van der Waals surface area contributed by atoms with Crippen LogP contribution in [0, 0.1) is 6.92 Å². The number of hydrogen-bond acceptors (Lipinski definition) is 5. The summed E-state index contributed by atoms with van der Waals surface area (Å²) in [6.07, 6.45) is 5.09. The fourth-order valence-electron chi connectivity index (χ4n) is 3.51. The van der Waals surface area contributed by atoms with Crippen LogP contribution in [0.2, 0.25) is 0 Å². The van der Waals surface area contributed by atoms with Gasteiger partial charge in [0.2, 0.25) is 0 Å². The molecule has 1 amide bonds. The molecule has 6 nitrogen and oxygen atoms in total. The van der Waals surface area contributed by atoms with Gasteiger partial charge < -0.3 is 15.1 Å². The lowest BCUT2D eigenvalue weighted by atomic mass is 10.2. The number of amides is 1. The van der Waals surface area contributed by atoms with Crippen molar-refractivity contribution in [3.8, 4) is 0 Å².